The van der Waals surface area contributed by atoms with Crippen molar-refractivity contribution >= 4 is 23.5 Å². The number of thioether (sulfide) groups is 2. The molecule has 0 spiro atoms. The zero-order valence-corrected chi connectivity index (χ0v) is 10.8. The molecule has 1 aromatic rings. The molecule has 0 aliphatic carbocycles. The van der Waals surface area contributed by atoms with Crippen molar-refractivity contribution in [3.63, 3.8) is 0 Å². The predicted molar refractivity (Wildman–Crippen MR) is 70.6 cm³/mol. The standard InChI is InChI=1S/C12H18S2/c1-10-5-4-6-11(7-10)8-12(14-3)9-13-2/h4-7,12H,8-9H2,1-3H3. The molecule has 1 rings (SSSR count). The van der Waals surface area contributed by atoms with Crippen molar-refractivity contribution in [3.8, 4) is 0 Å². The van der Waals surface area contributed by atoms with E-state index in [9.17, 15) is 0 Å². The molecule has 0 saturated carbocycles. The number of aryl methyl sites for hydroxylation is 1. The van der Waals surface area contributed by atoms with Gasteiger partial charge in [0.1, 0.15) is 0 Å². The van der Waals surface area contributed by atoms with Gasteiger partial charge in [-0.2, -0.15) is 23.5 Å². The second-order valence-corrected chi connectivity index (χ2v) is 5.55. The lowest BCUT2D eigenvalue weighted by molar-refractivity contribution is 0.956. The highest BCUT2D eigenvalue weighted by Crippen LogP contribution is 2.18. The SMILES string of the molecule is CSCC(Cc1cccc(C)c1)SC. The minimum Gasteiger partial charge on any atom is -0.164 e. The van der Waals surface area contributed by atoms with E-state index in [1.807, 2.05) is 23.5 Å². The van der Waals surface area contributed by atoms with Crippen LogP contribution in [0.1, 0.15) is 11.1 Å². The van der Waals surface area contributed by atoms with Gasteiger partial charge in [0.05, 0.1) is 0 Å². The maximum Gasteiger partial charge on any atom is 0.0175 e. The number of hydrogen-bond acceptors (Lipinski definition) is 2. The molecule has 2 heteroatoms. The van der Waals surface area contributed by atoms with Crippen LogP contribution in [0.4, 0.5) is 0 Å². The van der Waals surface area contributed by atoms with Crippen LogP contribution in [0.5, 0.6) is 0 Å². The van der Waals surface area contributed by atoms with Gasteiger partial charge in [0.25, 0.3) is 0 Å². The fourth-order valence-corrected chi connectivity index (χ4v) is 3.30. The van der Waals surface area contributed by atoms with Crippen LogP contribution < -0.4 is 0 Å². The average molecular weight is 226 g/mol. The Bertz CT molecular complexity index is 271. The first-order valence-electron chi connectivity index (χ1n) is 4.83. The maximum atomic E-state index is 2.30. The topological polar surface area (TPSA) is 0 Å². The van der Waals surface area contributed by atoms with Crippen LogP contribution in [0.3, 0.4) is 0 Å². The van der Waals surface area contributed by atoms with Crippen molar-refractivity contribution in [3.05, 3.63) is 35.4 Å². The summed E-state index contributed by atoms with van der Waals surface area (Å²) in [5.41, 5.74) is 2.84. The van der Waals surface area contributed by atoms with E-state index in [1.165, 1.54) is 23.3 Å². The van der Waals surface area contributed by atoms with Gasteiger partial charge in [-0.1, -0.05) is 29.8 Å². The van der Waals surface area contributed by atoms with Crippen LogP contribution in [-0.2, 0) is 6.42 Å². The largest absolute Gasteiger partial charge is 0.164 e. The lowest BCUT2D eigenvalue weighted by Crippen LogP contribution is -2.09. The van der Waals surface area contributed by atoms with E-state index in [4.69, 9.17) is 0 Å². The molecule has 0 heterocycles. The summed E-state index contributed by atoms with van der Waals surface area (Å²) in [6.07, 6.45) is 5.58. The monoisotopic (exact) mass is 226 g/mol. The molecule has 0 aliphatic rings. The third-order valence-corrected chi connectivity index (χ3v) is 4.18. The number of benzene rings is 1. The summed E-state index contributed by atoms with van der Waals surface area (Å²) in [7, 11) is 0. The highest BCUT2D eigenvalue weighted by Gasteiger charge is 2.06. The van der Waals surface area contributed by atoms with Gasteiger partial charge in [-0.25, -0.2) is 0 Å². The van der Waals surface area contributed by atoms with Gasteiger partial charge >= 0.3 is 0 Å². The number of hydrogen-bond donors (Lipinski definition) is 0. The van der Waals surface area contributed by atoms with Crippen molar-refractivity contribution < 1.29 is 0 Å². The number of rotatable bonds is 5. The first kappa shape index (κ1) is 12.0. The van der Waals surface area contributed by atoms with Crippen LogP contribution in [-0.4, -0.2) is 23.5 Å². The first-order valence-corrected chi connectivity index (χ1v) is 7.51. The summed E-state index contributed by atoms with van der Waals surface area (Å²) in [6.45, 7) is 2.16. The summed E-state index contributed by atoms with van der Waals surface area (Å²) >= 11 is 3.91. The van der Waals surface area contributed by atoms with E-state index < -0.39 is 0 Å². The van der Waals surface area contributed by atoms with E-state index in [2.05, 4.69) is 43.7 Å². The molecule has 1 aromatic carbocycles. The van der Waals surface area contributed by atoms with E-state index in [1.54, 1.807) is 0 Å². The third-order valence-electron chi connectivity index (χ3n) is 2.23. The van der Waals surface area contributed by atoms with Gasteiger partial charge in [0.2, 0.25) is 0 Å². The lowest BCUT2D eigenvalue weighted by Gasteiger charge is -2.13. The minimum atomic E-state index is 0.756. The molecule has 1 unspecified atom stereocenters. The van der Waals surface area contributed by atoms with Gasteiger partial charge in [-0.3, -0.25) is 0 Å². The molecule has 0 radical (unpaired) electrons. The Kier molecular flexibility index (Phi) is 5.49. The molecule has 14 heavy (non-hydrogen) atoms. The molecule has 0 fully saturated rings. The molecule has 0 aliphatic heterocycles. The van der Waals surface area contributed by atoms with Crippen molar-refractivity contribution in [2.75, 3.05) is 18.3 Å². The van der Waals surface area contributed by atoms with Gasteiger partial charge in [-0.05, 0) is 31.4 Å². The highest BCUT2D eigenvalue weighted by molar-refractivity contribution is 8.02. The smallest absolute Gasteiger partial charge is 0.0175 e. The molecular weight excluding hydrogens is 208 g/mol. The Morgan fingerprint density at radius 2 is 2.07 bits per heavy atom. The van der Waals surface area contributed by atoms with Gasteiger partial charge < -0.3 is 0 Å². The summed E-state index contributed by atoms with van der Waals surface area (Å²) in [5.74, 6) is 1.25. The van der Waals surface area contributed by atoms with Crippen LogP contribution in [0.15, 0.2) is 24.3 Å². The zero-order chi connectivity index (χ0) is 10.4. The molecule has 1 atom stereocenters. The quantitative estimate of drug-likeness (QED) is 0.752. The van der Waals surface area contributed by atoms with Gasteiger partial charge in [0.15, 0.2) is 0 Å². The Morgan fingerprint density at radius 1 is 1.29 bits per heavy atom. The van der Waals surface area contributed by atoms with Crippen LogP contribution >= 0.6 is 23.5 Å². The van der Waals surface area contributed by atoms with Crippen LogP contribution in [0.25, 0.3) is 0 Å². The first-order chi connectivity index (χ1) is 6.76. The van der Waals surface area contributed by atoms with Crippen molar-refractivity contribution in [2.24, 2.45) is 0 Å². The summed E-state index contributed by atoms with van der Waals surface area (Å²) in [5, 5.41) is 0.756. The zero-order valence-electron chi connectivity index (χ0n) is 9.12. The Balaban J connectivity index is 2.57. The summed E-state index contributed by atoms with van der Waals surface area (Å²) in [6, 6.07) is 8.84. The van der Waals surface area contributed by atoms with Crippen LogP contribution in [0.2, 0.25) is 0 Å². The van der Waals surface area contributed by atoms with Gasteiger partial charge in [0, 0.05) is 11.0 Å². The third kappa shape index (κ3) is 3.97. The molecule has 0 bridgehead atoms. The normalized spacial score (nSPS) is 12.8. The molecule has 0 saturated heterocycles. The second-order valence-electron chi connectivity index (χ2n) is 3.51. The Morgan fingerprint density at radius 3 is 2.64 bits per heavy atom. The summed E-state index contributed by atoms with van der Waals surface area (Å²) < 4.78 is 0. The van der Waals surface area contributed by atoms with E-state index in [-0.39, 0.29) is 0 Å². The molecule has 0 aromatic heterocycles. The molecular formula is C12H18S2. The maximum absolute atomic E-state index is 2.30. The molecule has 0 amide bonds. The highest BCUT2D eigenvalue weighted by atomic mass is 32.2. The predicted octanol–water partition coefficient (Wildman–Crippen LogP) is 3.63. The molecule has 0 N–H and O–H groups in total. The van der Waals surface area contributed by atoms with E-state index in [0.29, 0.717) is 0 Å². The lowest BCUT2D eigenvalue weighted by atomic mass is 10.1. The van der Waals surface area contributed by atoms with Crippen molar-refractivity contribution in [1.29, 1.82) is 0 Å². The second kappa shape index (κ2) is 6.41. The molecule has 78 valence electrons. The molecule has 0 nitrogen and oxygen atoms in total. The Labute approximate surface area is 95.9 Å². The average Bonchev–Trinajstić information content (AvgIpc) is 2.17. The van der Waals surface area contributed by atoms with Crippen molar-refractivity contribution in [1.82, 2.24) is 0 Å². The van der Waals surface area contributed by atoms with E-state index in [0.717, 1.165) is 5.25 Å². The van der Waals surface area contributed by atoms with Gasteiger partial charge in [-0.15, -0.1) is 0 Å². The van der Waals surface area contributed by atoms with Crippen LogP contribution in [0, 0.1) is 6.92 Å². The fourth-order valence-electron chi connectivity index (χ4n) is 1.50. The summed E-state index contributed by atoms with van der Waals surface area (Å²) in [4.78, 5) is 0. The Hall–Kier alpha value is -0.0800. The van der Waals surface area contributed by atoms with Crippen molar-refractivity contribution in [2.45, 2.75) is 18.6 Å². The van der Waals surface area contributed by atoms with E-state index >= 15 is 0 Å². The minimum absolute atomic E-state index is 0.756. The fraction of sp³-hybridized carbons (Fsp3) is 0.500.